The van der Waals surface area contributed by atoms with Crippen molar-refractivity contribution in [2.45, 2.75) is 0 Å². The molecular weight excluding hydrogens is 655 g/mol. The molecule has 238 valence electrons. The van der Waals surface area contributed by atoms with Crippen LogP contribution in [-0.4, -0.2) is 16.8 Å². The quantitative estimate of drug-likeness (QED) is 0.196. The molecular formula is C40H25NO6S2. The molecule has 8 aromatic rings. The van der Waals surface area contributed by atoms with Gasteiger partial charge in [-0.15, -0.1) is 0 Å². The van der Waals surface area contributed by atoms with Crippen molar-refractivity contribution in [1.82, 2.24) is 4.13 Å². The average molecular weight is 680 g/mol. The van der Waals surface area contributed by atoms with E-state index in [9.17, 15) is 16.8 Å². The zero-order valence-corrected chi connectivity index (χ0v) is 27.3. The van der Waals surface area contributed by atoms with Crippen molar-refractivity contribution in [3.05, 3.63) is 146 Å². The first-order valence-corrected chi connectivity index (χ1v) is 18.3. The van der Waals surface area contributed by atoms with Gasteiger partial charge in [0.05, 0.1) is 0 Å². The minimum Gasteiger partial charge on any atom is -0.369 e. The summed E-state index contributed by atoms with van der Waals surface area (Å²) < 4.78 is 67.8. The van der Waals surface area contributed by atoms with E-state index in [2.05, 4.69) is 0 Å². The fourth-order valence-corrected chi connectivity index (χ4v) is 8.90. The molecule has 0 aromatic heterocycles. The molecule has 49 heavy (non-hydrogen) atoms. The number of fused-ring (bicyclic) bond motifs is 9. The van der Waals surface area contributed by atoms with E-state index in [1.165, 1.54) is 0 Å². The molecule has 0 unspecified atom stereocenters. The van der Waals surface area contributed by atoms with E-state index in [-0.39, 0.29) is 11.5 Å². The van der Waals surface area contributed by atoms with Crippen LogP contribution in [0.4, 0.5) is 0 Å². The van der Waals surface area contributed by atoms with Crippen LogP contribution in [0.25, 0.3) is 76.5 Å². The van der Waals surface area contributed by atoms with Crippen LogP contribution < -0.4 is 12.5 Å². The van der Waals surface area contributed by atoms with Crippen molar-refractivity contribution in [3.63, 3.8) is 0 Å². The summed E-state index contributed by atoms with van der Waals surface area (Å²) in [7, 11) is -9.94. The summed E-state index contributed by atoms with van der Waals surface area (Å²) >= 11 is 0. The van der Waals surface area contributed by atoms with Crippen LogP contribution in [0.15, 0.2) is 146 Å². The highest BCUT2D eigenvalue weighted by molar-refractivity contribution is 8.00. The second kappa shape index (κ2) is 10.9. The second-order valence-corrected chi connectivity index (χ2v) is 14.8. The van der Waals surface area contributed by atoms with E-state index < -0.39 is 20.6 Å². The summed E-state index contributed by atoms with van der Waals surface area (Å²) in [6.45, 7) is 0. The molecule has 0 saturated carbocycles. The molecule has 0 spiro atoms. The highest BCUT2D eigenvalue weighted by atomic mass is 32.3. The molecule has 0 radical (unpaired) electrons. The first kappa shape index (κ1) is 29.4. The van der Waals surface area contributed by atoms with E-state index in [1.807, 2.05) is 146 Å². The van der Waals surface area contributed by atoms with Gasteiger partial charge in [0, 0.05) is 22.3 Å². The Morgan fingerprint density at radius 2 is 0.755 bits per heavy atom. The zero-order chi connectivity index (χ0) is 33.3. The van der Waals surface area contributed by atoms with Crippen molar-refractivity contribution >= 4 is 63.7 Å². The maximum Gasteiger partial charge on any atom is 0.398 e. The number of hydrogen-bond acceptors (Lipinski definition) is 6. The van der Waals surface area contributed by atoms with Crippen LogP contribution in [0.1, 0.15) is 0 Å². The molecule has 1 N–H and O–H groups in total. The van der Waals surface area contributed by atoms with Crippen molar-refractivity contribution in [3.8, 4) is 44.9 Å². The minimum atomic E-state index is -4.97. The molecule has 1 heterocycles. The average Bonchev–Trinajstić information content (AvgIpc) is 3.13. The predicted molar refractivity (Wildman–Crippen MR) is 195 cm³/mol. The van der Waals surface area contributed by atoms with Gasteiger partial charge >= 0.3 is 20.6 Å². The van der Waals surface area contributed by atoms with E-state index in [4.69, 9.17) is 8.37 Å². The summed E-state index contributed by atoms with van der Waals surface area (Å²) in [5.74, 6) is -0.0477. The zero-order valence-electron chi connectivity index (χ0n) is 25.6. The fraction of sp³-hybridized carbons (Fsp3) is 0. The van der Waals surface area contributed by atoms with Crippen molar-refractivity contribution < 1.29 is 25.2 Å². The molecule has 9 heteroatoms. The van der Waals surface area contributed by atoms with Gasteiger partial charge < -0.3 is 8.37 Å². The van der Waals surface area contributed by atoms with Crippen LogP contribution in [0.3, 0.4) is 0 Å². The lowest BCUT2D eigenvalue weighted by Gasteiger charge is -2.21. The van der Waals surface area contributed by atoms with E-state index in [0.29, 0.717) is 44.2 Å². The Balaban J connectivity index is 1.48. The van der Waals surface area contributed by atoms with Gasteiger partial charge in [0.15, 0.2) is 11.5 Å². The number of benzene rings is 8. The van der Waals surface area contributed by atoms with Crippen molar-refractivity contribution in [2.75, 3.05) is 0 Å². The van der Waals surface area contributed by atoms with Gasteiger partial charge in [0.1, 0.15) is 0 Å². The number of rotatable bonds is 2. The molecule has 1 aliphatic heterocycles. The SMILES string of the molecule is O=S1(=O)NS(=O)(=O)Oc2c(-c3ccc4ccccc4c3)cc3ccccc3c2-c2c(c(-c3ccc4ccccc4c3)cc3ccccc23)O1. The molecule has 0 bridgehead atoms. The largest absolute Gasteiger partial charge is 0.398 e. The molecule has 8 aromatic carbocycles. The molecule has 1 aliphatic rings. The molecule has 0 atom stereocenters. The van der Waals surface area contributed by atoms with Gasteiger partial charge in [-0.1, -0.05) is 121 Å². The van der Waals surface area contributed by atoms with Crippen LogP contribution in [0, 0.1) is 0 Å². The summed E-state index contributed by atoms with van der Waals surface area (Å²) in [6, 6.07) is 46.3. The molecule has 0 fully saturated rings. The molecule has 0 amide bonds. The lowest BCUT2D eigenvalue weighted by Crippen LogP contribution is -2.36. The fourth-order valence-electron chi connectivity index (χ4n) is 6.85. The van der Waals surface area contributed by atoms with Gasteiger partial charge in [0.2, 0.25) is 0 Å². The van der Waals surface area contributed by atoms with Gasteiger partial charge in [-0.3, -0.25) is 0 Å². The Hall–Kier alpha value is -5.74. The summed E-state index contributed by atoms with van der Waals surface area (Å²) in [5.41, 5.74) is 3.09. The Morgan fingerprint density at radius 3 is 1.18 bits per heavy atom. The third-order valence-electron chi connectivity index (χ3n) is 8.96. The van der Waals surface area contributed by atoms with Crippen LogP contribution in [-0.2, 0) is 20.6 Å². The monoisotopic (exact) mass is 679 g/mol. The van der Waals surface area contributed by atoms with Gasteiger partial charge in [-0.25, -0.2) is 0 Å². The minimum absolute atomic E-state index is 0.0238. The summed E-state index contributed by atoms with van der Waals surface area (Å²) in [5, 5.41) is 6.82. The van der Waals surface area contributed by atoms with Crippen LogP contribution >= 0.6 is 0 Å². The van der Waals surface area contributed by atoms with Gasteiger partial charge in [-0.2, -0.15) is 16.8 Å². The Morgan fingerprint density at radius 1 is 0.388 bits per heavy atom. The third kappa shape index (κ3) is 5.07. The highest BCUT2D eigenvalue weighted by Gasteiger charge is 2.35. The standard InChI is InChI=1S/C40H25NO6S2/c42-48(43)41-49(44,45)47-40-36(32-20-18-26-10-2-4-12-28(26)22-32)24-30-14-6-8-16-34(30)38(40)37-33-15-7-5-13-29(33)23-35(39(37)46-48)31-19-17-25-9-1-3-11-27(25)21-31/h1-24,41H. The lowest BCUT2D eigenvalue weighted by atomic mass is 9.86. The number of hydrogen-bond donors (Lipinski definition) is 1. The first-order chi connectivity index (χ1) is 23.7. The molecule has 7 nitrogen and oxygen atoms in total. The summed E-state index contributed by atoms with van der Waals surface area (Å²) in [6.07, 6.45) is 0. The van der Waals surface area contributed by atoms with Crippen molar-refractivity contribution in [1.29, 1.82) is 0 Å². The van der Waals surface area contributed by atoms with Gasteiger partial charge in [0.25, 0.3) is 0 Å². The number of nitrogens with one attached hydrogen (secondary N) is 1. The second-order valence-electron chi connectivity index (χ2n) is 12.0. The van der Waals surface area contributed by atoms with E-state index in [1.54, 1.807) is 4.13 Å². The summed E-state index contributed by atoms with van der Waals surface area (Å²) in [4.78, 5) is 0. The van der Waals surface area contributed by atoms with Gasteiger partial charge in [-0.05, 0) is 82.6 Å². The maximum atomic E-state index is 13.6. The smallest absolute Gasteiger partial charge is 0.369 e. The maximum absolute atomic E-state index is 13.6. The molecule has 9 rings (SSSR count). The van der Waals surface area contributed by atoms with E-state index in [0.717, 1.165) is 32.3 Å². The van der Waals surface area contributed by atoms with Crippen LogP contribution in [0.2, 0.25) is 0 Å². The third-order valence-corrected chi connectivity index (χ3v) is 11.4. The van der Waals surface area contributed by atoms with Crippen LogP contribution in [0.5, 0.6) is 11.5 Å². The highest BCUT2D eigenvalue weighted by Crippen LogP contribution is 2.53. The Kier molecular flexibility index (Phi) is 6.54. The predicted octanol–water partition coefficient (Wildman–Crippen LogP) is 9.15. The Labute approximate surface area is 282 Å². The lowest BCUT2D eigenvalue weighted by molar-refractivity contribution is 0.465. The van der Waals surface area contributed by atoms with E-state index >= 15 is 0 Å². The molecule has 0 aliphatic carbocycles. The molecule has 0 saturated heterocycles. The Bertz CT molecular complexity index is 2700. The topological polar surface area (TPSA) is 98.8 Å². The first-order valence-electron chi connectivity index (χ1n) is 15.5. The van der Waals surface area contributed by atoms with Crippen molar-refractivity contribution in [2.24, 2.45) is 0 Å². The normalized spacial score (nSPS) is 15.0.